The molecule has 0 aliphatic carbocycles. The Morgan fingerprint density at radius 2 is 2.00 bits per heavy atom. The van der Waals surface area contributed by atoms with Crippen LogP contribution in [0.5, 0.6) is 5.75 Å². The van der Waals surface area contributed by atoms with Gasteiger partial charge in [-0.2, -0.15) is 0 Å². The normalized spacial score (nSPS) is 12.3. The molecule has 0 bridgehead atoms. The number of pyridine rings is 1. The van der Waals surface area contributed by atoms with Crippen LogP contribution in [0.2, 0.25) is 0 Å². The summed E-state index contributed by atoms with van der Waals surface area (Å²) >= 11 is 0. The fraction of sp³-hybridized carbons (Fsp3) is 0.167. The van der Waals surface area contributed by atoms with Crippen molar-refractivity contribution < 1.29 is 9.84 Å². The van der Waals surface area contributed by atoms with Crippen LogP contribution in [0, 0.1) is 6.92 Å². The zero-order valence-electron chi connectivity index (χ0n) is 12.1. The standard InChI is InChI=1S/C18H17NO2/c1-12-6-7-14(10-17(12)21-2)18(20)15-5-3-4-13-8-9-19-11-16(13)15/h3-11,18,20H,1-2H3. The zero-order chi connectivity index (χ0) is 14.8. The number of aliphatic hydroxyl groups excluding tert-OH is 1. The van der Waals surface area contributed by atoms with E-state index in [1.165, 1.54) is 0 Å². The van der Waals surface area contributed by atoms with Gasteiger partial charge in [0.05, 0.1) is 7.11 Å². The van der Waals surface area contributed by atoms with Gasteiger partial charge in [-0.05, 0) is 41.1 Å². The zero-order valence-corrected chi connectivity index (χ0v) is 12.1. The molecule has 3 nitrogen and oxygen atoms in total. The van der Waals surface area contributed by atoms with Crippen LogP contribution in [0.1, 0.15) is 22.8 Å². The average molecular weight is 279 g/mol. The van der Waals surface area contributed by atoms with Gasteiger partial charge in [-0.1, -0.05) is 30.3 Å². The van der Waals surface area contributed by atoms with Crippen molar-refractivity contribution in [1.82, 2.24) is 4.98 Å². The lowest BCUT2D eigenvalue weighted by molar-refractivity contribution is 0.221. The van der Waals surface area contributed by atoms with Crippen molar-refractivity contribution >= 4 is 10.8 Å². The molecule has 3 aromatic rings. The maximum atomic E-state index is 10.7. The van der Waals surface area contributed by atoms with Gasteiger partial charge in [-0.25, -0.2) is 0 Å². The van der Waals surface area contributed by atoms with Gasteiger partial charge in [-0.15, -0.1) is 0 Å². The van der Waals surface area contributed by atoms with E-state index in [-0.39, 0.29) is 0 Å². The Hall–Kier alpha value is -2.39. The molecular weight excluding hydrogens is 262 g/mol. The molecule has 1 heterocycles. The van der Waals surface area contributed by atoms with E-state index in [4.69, 9.17) is 4.74 Å². The van der Waals surface area contributed by atoms with Crippen molar-refractivity contribution in [1.29, 1.82) is 0 Å². The molecule has 0 amide bonds. The molecule has 1 aromatic heterocycles. The molecule has 21 heavy (non-hydrogen) atoms. The monoisotopic (exact) mass is 279 g/mol. The molecule has 2 aromatic carbocycles. The van der Waals surface area contributed by atoms with E-state index in [2.05, 4.69) is 4.98 Å². The summed E-state index contributed by atoms with van der Waals surface area (Å²) in [6.07, 6.45) is 2.85. The molecule has 0 saturated carbocycles. The molecule has 106 valence electrons. The molecule has 3 heteroatoms. The first kappa shape index (κ1) is 13.6. The third-order valence-electron chi connectivity index (χ3n) is 3.76. The van der Waals surface area contributed by atoms with Crippen molar-refractivity contribution in [3.63, 3.8) is 0 Å². The number of ether oxygens (including phenoxy) is 1. The van der Waals surface area contributed by atoms with Crippen LogP contribution in [0.25, 0.3) is 10.8 Å². The lowest BCUT2D eigenvalue weighted by atomic mass is 9.96. The maximum Gasteiger partial charge on any atom is 0.122 e. The highest BCUT2D eigenvalue weighted by atomic mass is 16.5. The van der Waals surface area contributed by atoms with E-state index in [1.807, 2.05) is 49.4 Å². The van der Waals surface area contributed by atoms with Crippen LogP contribution in [-0.4, -0.2) is 17.2 Å². The Morgan fingerprint density at radius 1 is 1.14 bits per heavy atom. The number of hydrogen-bond acceptors (Lipinski definition) is 3. The summed E-state index contributed by atoms with van der Waals surface area (Å²) in [6, 6.07) is 13.6. The van der Waals surface area contributed by atoms with E-state index in [0.29, 0.717) is 0 Å². The SMILES string of the molecule is COc1cc(C(O)c2cccc3ccncc23)ccc1C. The van der Waals surface area contributed by atoms with Crippen molar-refractivity contribution in [2.24, 2.45) is 0 Å². The molecule has 0 spiro atoms. The molecule has 1 atom stereocenters. The molecule has 0 radical (unpaired) electrons. The minimum atomic E-state index is -0.701. The summed E-state index contributed by atoms with van der Waals surface area (Å²) in [5.41, 5.74) is 2.72. The predicted octanol–water partition coefficient (Wildman–Crippen LogP) is 3.63. The minimum Gasteiger partial charge on any atom is -0.496 e. The van der Waals surface area contributed by atoms with Crippen LogP contribution in [0.15, 0.2) is 54.9 Å². The maximum absolute atomic E-state index is 10.7. The van der Waals surface area contributed by atoms with E-state index in [0.717, 1.165) is 33.2 Å². The summed E-state index contributed by atoms with van der Waals surface area (Å²) in [7, 11) is 1.64. The van der Waals surface area contributed by atoms with Crippen molar-refractivity contribution in [2.45, 2.75) is 13.0 Å². The predicted molar refractivity (Wildman–Crippen MR) is 83.5 cm³/mol. The van der Waals surface area contributed by atoms with Crippen LogP contribution >= 0.6 is 0 Å². The van der Waals surface area contributed by atoms with Gasteiger partial charge in [0.25, 0.3) is 0 Å². The number of methoxy groups -OCH3 is 1. The topological polar surface area (TPSA) is 42.4 Å². The molecular formula is C18H17NO2. The third kappa shape index (κ3) is 2.48. The van der Waals surface area contributed by atoms with Crippen LogP contribution in [0.3, 0.4) is 0 Å². The average Bonchev–Trinajstić information content (AvgIpc) is 2.54. The molecule has 0 aliphatic heterocycles. The van der Waals surface area contributed by atoms with Gasteiger partial charge in [0, 0.05) is 17.8 Å². The highest BCUT2D eigenvalue weighted by Gasteiger charge is 2.15. The summed E-state index contributed by atoms with van der Waals surface area (Å²) in [6.45, 7) is 1.98. The number of rotatable bonds is 3. The second-order valence-electron chi connectivity index (χ2n) is 5.08. The Bertz CT molecular complexity index is 778. The Kier molecular flexibility index (Phi) is 3.59. The quantitative estimate of drug-likeness (QED) is 0.796. The number of benzene rings is 2. The first-order chi connectivity index (χ1) is 10.2. The number of aromatic nitrogens is 1. The van der Waals surface area contributed by atoms with Crippen molar-refractivity contribution in [2.75, 3.05) is 7.11 Å². The van der Waals surface area contributed by atoms with Crippen LogP contribution in [0.4, 0.5) is 0 Å². The second kappa shape index (κ2) is 5.54. The van der Waals surface area contributed by atoms with E-state index < -0.39 is 6.10 Å². The number of aryl methyl sites for hydroxylation is 1. The molecule has 1 unspecified atom stereocenters. The van der Waals surface area contributed by atoms with E-state index in [1.54, 1.807) is 19.5 Å². The molecule has 1 N–H and O–H groups in total. The van der Waals surface area contributed by atoms with Gasteiger partial charge in [0.1, 0.15) is 11.9 Å². The first-order valence-corrected chi connectivity index (χ1v) is 6.86. The highest BCUT2D eigenvalue weighted by Crippen LogP contribution is 2.31. The number of aliphatic hydroxyl groups is 1. The summed E-state index contributed by atoms with van der Waals surface area (Å²) < 4.78 is 5.34. The van der Waals surface area contributed by atoms with Gasteiger partial charge >= 0.3 is 0 Å². The number of hydrogen-bond donors (Lipinski definition) is 1. The summed E-state index contributed by atoms with van der Waals surface area (Å²) in [5, 5.41) is 12.8. The minimum absolute atomic E-state index is 0.701. The third-order valence-corrected chi connectivity index (χ3v) is 3.76. The molecule has 3 rings (SSSR count). The number of fused-ring (bicyclic) bond motifs is 1. The van der Waals surface area contributed by atoms with Crippen LogP contribution < -0.4 is 4.74 Å². The van der Waals surface area contributed by atoms with Crippen LogP contribution in [-0.2, 0) is 0 Å². The van der Waals surface area contributed by atoms with Crippen molar-refractivity contribution in [3.05, 3.63) is 71.5 Å². The highest BCUT2D eigenvalue weighted by molar-refractivity contribution is 5.85. The van der Waals surface area contributed by atoms with Gasteiger partial charge in [-0.3, -0.25) is 4.98 Å². The fourth-order valence-corrected chi connectivity index (χ4v) is 2.56. The number of nitrogens with zero attached hydrogens (tertiary/aromatic N) is 1. The van der Waals surface area contributed by atoms with Gasteiger partial charge < -0.3 is 9.84 Å². The summed E-state index contributed by atoms with van der Waals surface area (Å²) in [4.78, 5) is 4.16. The lowest BCUT2D eigenvalue weighted by Gasteiger charge is -2.15. The smallest absolute Gasteiger partial charge is 0.122 e. The molecule has 0 aliphatic rings. The fourth-order valence-electron chi connectivity index (χ4n) is 2.56. The second-order valence-corrected chi connectivity index (χ2v) is 5.08. The molecule has 0 fully saturated rings. The van der Waals surface area contributed by atoms with Crippen molar-refractivity contribution in [3.8, 4) is 5.75 Å². The Balaban J connectivity index is 2.10. The van der Waals surface area contributed by atoms with E-state index in [9.17, 15) is 5.11 Å². The molecule has 0 saturated heterocycles. The largest absolute Gasteiger partial charge is 0.496 e. The van der Waals surface area contributed by atoms with Gasteiger partial charge in [0.2, 0.25) is 0 Å². The lowest BCUT2D eigenvalue weighted by Crippen LogP contribution is -2.02. The first-order valence-electron chi connectivity index (χ1n) is 6.86. The Morgan fingerprint density at radius 3 is 2.81 bits per heavy atom. The van der Waals surface area contributed by atoms with Gasteiger partial charge in [0.15, 0.2) is 0 Å². The van der Waals surface area contributed by atoms with E-state index >= 15 is 0 Å². The Labute approximate surface area is 123 Å². The summed E-state index contributed by atoms with van der Waals surface area (Å²) in [5.74, 6) is 0.782.